The van der Waals surface area contributed by atoms with Crippen molar-refractivity contribution in [3.63, 3.8) is 0 Å². The van der Waals surface area contributed by atoms with E-state index in [1.807, 2.05) is 0 Å². The summed E-state index contributed by atoms with van der Waals surface area (Å²) >= 11 is 6.29. The third kappa shape index (κ3) is 5.97. The summed E-state index contributed by atoms with van der Waals surface area (Å²) in [6.07, 6.45) is 0.942. The van der Waals surface area contributed by atoms with Gasteiger partial charge in [-0.25, -0.2) is 9.59 Å². The van der Waals surface area contributed by atoms with Gasteiger partial charge in [0.1, 0.15) is 12.3 Å². The number of nitrogens with one attached hydrogen (secondary N) is 2. The normalized spacial score (nSPS) is 17.0. The Morgan fingerprint density at radius 1 is 1.15 bits per heavy atom. The van der Waals surface area contributed by atoms with Gasteiger partial charge < -0.3 is 15.2 Å². The topological polar surface area (TPSA) is 130 Å². The molecule has 1 aliphatic rings. The molecule has 1 aromatic carbocycles. The number of likely N-dealkylation sites (tertiary alicyclic amines) is 1. The number of benzene rings is 1. The van der Waals surface area contributed by atoms with Crippen molar-refractivity contribution < 1.29 is 33.6 Å². The highest BCUT2D eigenvalue weighted by atomic mass is 35.5. The van der Waals surface area contributed by atoms with Crippen molar-refractivity contribution in [3.05, 3.63) is 34.3 Å². The van der Waals surface area contributed by atoms with Crippen molar-refractivity contribution in [2.75, 3.05) is 13.1 Å². The highest BCUT2D eigenvalue weighted by molar-refractivity contribution is 6.34. The van der Waals surface area contributed by atoms with E-state index in [4.69, 9.17) is 16.7 Å². The molecule has 9 nitrogen and oxygen atoms in total. The van der Waals surface area contributed by atoms with Gasteiger partial charge >= 0.3 is 17.9 Å². The number of urea groups is 1. The molecule has 1 fully saturated rings. The Morgan fingerprint density at radius 2 is 1.76 bits per heavy atom. The fourth-order valence-electron chi connectivity index (χ4n) is 3.93. The summed E-state index contributed by atoms with van der Waals surface area (Å²) in [5.74, 6) is -2.30. The highest BCUT2D eigenvalue weighted by Gasteiger charge is 2.53. The molecule has 0 aromatic heterocycles. The van der Waals surface area contributed by atoms with Crippen LogP contribution in [0.3, 0.4) is 0 Å². The van der Waals surface area contributed by atoms with Gasteiger partial charge in [-0.2, -0.15) is 4.48 Å². The Balaban J connectivity index is 2.37. The summed E-state index contributed by atoms with van der Waals surface area (Å²) in [7, 11) is 0. The molecule has 180 valence electrons. The van der Waals surface area contributed by atoms with Crippen LogP contribution in [0.1, 0.15) is 56.0 Å². The van der Waals surface area contributed by atoms with Crippen LogP contribution in [0.15, 0.2) is 18.2 Å². The largest absolute Gasteiger partial charge is 0.481 e. The first-order valence-electron chi connectivity index (χ1n) is 10.8. The molecule has 0 spiro atoms. The number of carboxylic acid groups (broad SMARTS) is 1. The summed E-state index contributed by atoms with van der Waals surface area (Å²) in [6.45, 7) is 7.47. The summed E-state index contributed by atoms with van der Waals surface area (Å²) in [5.41, 5.74) is 0.185. The maximum absolute atomic E-state index is 13.8. The number of carbonyl (C=O) groups excluding carboxylic acids is 4. The van der Waals surface area contributed by atoms with Crippen LogP contribution in [0, 0.1) is 12.3 Å². The van der Waals surface area contributed by atoms with Crippen molar-refractivity contribution in [1.82, 2.24) is 10.6 Å². The molecule has 4 amide bonds. The Hall–Kier alpha value is -2.78. The molecule has 0 saturated carbocycles. The second kappa shape index (κ2) is 10.4. The van der Waals surface area contributed by atoms with E-state index in [0.29, 0.717) is 24.7 Å². The minimum absolute atomic E-state index is 0.191. The lowest BCUT2D eigenvalue weighted by Gasteiger charge is -2.37. The number of carboxylic acids is 1. The van der Waals surface area contributed by atoms with Crippen molar-refractivity contribution in [2.24, 2.45) is 5.41 Å². The van der Waals surface area contributed by atoms with Crippen molar-refractivity contribution in [3.8, 4) is 0 Å². The van der Waals surface area contributed by atoms with Crippen molar-refractivity contribution in [2.45, 2.75) is 59.0 Å². The molecule has 33 heavy (non-hydrogen) atoms. The smallest absolute Gasteiger partial charge is 0.424 e. The van der Waals surface area contributed by atoms with Crippen LogP contribution in [-0.4, -0.2) is 64.9 Å². The third-order valence-electron chi connectivity index (χ3n) is 5.83. The van der Waals surface area contributed by atoms with Crippen LogP contribution in [0.5, 0.6) is 0 Å². The third-order valence-corrected chi connectivity index (χ3v) is 6.33. The molecular weight excluding hydrogens is 450 g/mol. The lowest BCUT2D eigenvalue weighted by Crippen LogP contribution is -2.67. The van der Waals surface area contributed by atoms with E-state index < -0.39 is 52.2 Å². The van der Waals surface area contributed by atoms with Gasteiger partial charge in [0.15, 0.2) is 6.04 Å². The summed E-state index contributed by atoms with van der Waals surface area (Å²) < 4.78 is -0.617. The number of aldehydes is 1. The molecular formula is C23H31ClN3O6+. The average Bonchev–Trinajstić information content (AvgIpc) is 3.23. The zero-order valence-corrected chi connectivity index (χ0v) is 20.1. The maximum Gasteiger partial charge on any atom is 0.424 e. The monoisotopic (exact) mass is 480 g/mol. The molecule has 2 atom stereocenters. The molecule has 2 rings (SSSR count). The van der Waals surface area contributed by atoms with Crippen LogP contribution in [0.2, 0.25) is 5.02 Å². The van der Waals surface area contributed by atoms with Gasteiger partial charge in [-0.15, -0.1) is 0 Å². The number of quaternary nitrogens is 1. The Kier molecular flexibility index (Phi) is 8.37. The number of hydrogen-bond donors (Lipinski definition) is 3. The molecule has 0 aliphatic carbocycles. The van der Waals surface area contributed by atoms with Crippen LogP contribution < -0.4 is 10.6 Å². The number of imide groups is 1. The molecule has 0 radical (unpaired) electrons. The number of aliphatic carboxylic acids is 1. The van der Waals surface area contributed by atoms with Crippen LogP contribution >= 0.6 is 11.6 Å². The fraction of sp³-hybridized carbons (Fsp3) is 0.522. The lowest BCUT2D eigenvalue weighted by molar-refractivity contribution is -0.761. The number of hydrogen-bond acceptors (Lipinski definition) is 5. The van der Waals surface area contributed by atoms with Crippen molar-refractivity contribution >= 4 is 41.7 Å². The number of halogens is 1. The van der Waals surface area contributed by atoms with Crippen LogP contribution in [0.4, 0.5) is 4.79 Å². The summed E-state index contributed by atoms with van der Waals surface area (Å²) in [6, 6.07) is 1.97. The molecule has 0 bridgehead atoms. The Labute approximate surface area is 198 Å². The first-order chi connectivity index (χ1) is 15.3. The number of aryl methyl sites for hydroxylation is 1. The predicted octanol–water partition coefficient (Wildman–Crippen LogP) is 2.68. The molecule has 1 aliphatic heterocycles. The number of nitrogens with zero attached hydrogens (tertiary/aromatic N) is 1. The van der Waals surface area contributed by atoms with Crippen molar-refractivity contribution in [1.29, 1.82) is 0 Å². The first-order valence-corrected chi connectivity index (χ1v) is 11.2. The number of rotatable bonds is 7. The number of amides is 4. The Morgan fingerprint density at radius 3 is 2.27 bits per heavy atom. The molecule has 10 heteroatoms. The van der Waals surface area contributed by atoms with E-state index in [1.165, 1.54) is 0 Å². The molecule has 3 N–H and O–H groups in total. The van der Waals surface area contributed by atoms with Gasteiger partial charge in [0.2, 0.25) is 0 Å². The van der Waals surface area contributed by atoms with E-state index in [2.05, 4.69) is 10.6 Å². The second-order valence-corrected chi connectivity index (χ2v) is 9.84. The van der Waals surface area contributed by atoms with E-state index >= 15 is 0 Å². The van der Waals surface area contributed by atoms with E-state index in [-0.39, 0.29) is 23.7 Å². The minimum atomic E-state index is -1.26. The van der Waals surface area contributed by atoms with Gasteiger partial charge in [0.05, 0.1) is 30.1 Å². The minimum Gasteiger partial charge on any atom is -0.481 e. The maximum atomic E-state index is 13.8. The number of carbonyl (C=O) groups is 5. The fourth-order valence-corrected chi connectivity index (χ4v) is 4.14. The van der Waals surface area contributed by atoms with E-state index in [1.54, 1.807) is 45.9 Å². The SMILES string of the molecule is Cc1cccc(C(=O)N[C@H](C(=O)[N+]2(C(=O)N[C@H](C=O)CC(=O)O)CCCC2)C(C)(C)C)c1Cl. The average molecular weight is 481 g/mol. The highest BCUT2D eigenvalue weighted by Crippen LogP contribution is 2.30. The molecule has 1 saturated heterocycles. The molecule has 1 aromatic rings. The van der Waals surface area contributed by atoms with E-state index in [9.17, 15) is 24.0 Å². The van der Waals surface area contributed by atoms with Gasteiger partial charge in [-0.05, 0) is 24.0 Å². The molecule has 1 heterocycles. The van der Waals surface area contributed by atoms with Gasteiger partial charge in [-0.3, -0.25) is 14.9 Å². The Bertz CT molecular complexity index is 950. The lowest BCUT2D eigenvalue weighted by atomic mass is 9.85. The quantitative estimate of drug-likeness (QED) is 0.406. The van der Waals surface area contributed by atoms with Gasteiger partial charge in [0, 0.05) is 12.8 Å². The zero-order chi connectivity index (χ0) is 25.0. The standard InChI is InChI=1S/C23H30ClN3O6/c1-14-8-7-9-16(18(14)24)20(31)26-19(23(2,3)4)21(32)27(10-5-6-11-27)22(33)25-15(13-28)12-17(29)30/h7-9,13,15,19H,5-6,10-12H2,1-4H3,(H2-,25,26,29,30,31,33)/p+1/t15-,19+/m0/s1. The molecule has 0 unspecified atom stereocenters. The first kappa shape index (κ1) is 26.5. The zero-order valence-electron chi connectivity index (χ0n) is 19.3. The van der Waals surface area contributed by atoms with Crippen LogP contribution in [-0.2, 0) is 14.4 Å². The van der Waals surface area contributed by atoms with Gasteiger partial charge in [0.25, 0.3) is 5.91 Å². The predicted molar refractivity (Wildman–Crippen MR) is 122 cm³/mol. The van der Waals surface area contributed by atoms with E-state index in [0.717, 1.165) is 0 Å². The summed E-state index contributed by atoms with van der Waals surface area (Å²) in [5, 5.41) is 14.4. The summed E-state index contributed by atoms with van der Waals surface area (Å²) in [4.78, 5) is 62.3. The van der Waals surface area contributed by atoms with Crippen LogP contribution in [0.25, 0.3) is 0 Å². The van der Waals surface area contributed by atoms with Gasteiger partial charge in [-0.1, -0.05) is 44.5 Å². The second-order valence-electron chi connectivity index (χ2n) is 9.46.